The van der Waals surface area contributed by atoms with Crippen molar-refractivity contribution in [2.24, 2.45) is 11.7 Å². The molecule has 1 rings (SSSR count). The third-order valence-electron chi connectivity index (χ3n) is 3.02. The lowest BCUT2D eigenvalue weighted by Crippen LogP contribution is -2.54. The second-order valence-corrected chi connectivity index (χ2v) is 4.46. The number of carbonyl (C=O) groups excluding carboxylic acids is 1. The lowest BCUT2D eigenvalue weighted by Gasteiger charge is -2.26. The van der Waals surface area contributed by atoms with Crippen molar-refractivity contribution in [3.05, 3.63) is 0 Å². The Morgan fingerprint density at radius 1 is 1.17 bits per heavy atom. The van der Waals surface area contributed by atoms with E-state index in [1.807, 2.05) is 0 Å². The lowest BCUT2D eigenvalue weighted by atomic mass is 9.96. The van der Waals surface area contributed by atoms with Gasteiger partial charge in [-0.15, -0.1) is 0 Å². The second-order valence-electron chi connectivity index (χ2n) is 4.46. The molecule has 0 heterocycles. The van der Waals surface area contributed by atoms with E-state index in [9.17, 15) is 4.79 Å². The van der Waals surface area contributed by atoms with Gasteiger partial charge in [-0.05, 0) is 18.8 Å². The minimum atomic E-state index is -0.999. The Morgan fingerprint density at radius 3 is 2.33 bits per heavy atom. The van der Waals surface area contributed by atoms with Gasteiger partial charge < -0.3 is 24.7 Å². The van der Waals surface area contributed by atoms with Crippen LogP contribution in [0.15, 0.2) is 0 Å². The highest BCUT2D eigenvalue weighted by molar-refractivity contribution is 5.81. The minimum absolute atomic E-state index is 0.179. The fourth-order valence-corrected chi connectivity index (χ4v) is 1.74. The standard InChI is InChI=1S/C12H23NO5/c1-15-5-6-17-7-8-18-9-12(13,10-3-4-10)11(14)16-2/h10H,3-9,13H2,1-2H3. The number of hydrogen-bond acceptors (Lipinski definition) is 6. The van der Waals surface area contributed by atoms with E-state index in [0.717, 1.165) is 12.8 Å². The smallest absolute Gasteiger partial charge is 0.328 e. The summed E-state index contributed by atoms with van der Waals surface area (Å²) in [7, 11) is 2.97. The van der Waals surface area contributed by atoms with Crippen molar-refractivity contribution in [1.29, 1.82) is 0 Å². The van der Waals surface area contributed by atoms with Gasteiger partial charge in [-0.3, -0.25) is 0 Å². The predicted octanol–water partition coefficient (Wildman–Crippen LogP) is -0.0535. The average Bonchev–Trinajstić information content (AvgIpc) is 3.21. The zero-order chi connectivity index (χ0) is 13.4. The number of hydrogen-bond donors (Lipinski definition) is 1. The third-order valence-corrected chi connectivity index (χ3v) is 3.02. The van der Waals surface area contributed by atoms with Crippen molar-refractivity contribution in [3.63, 3.8) is 0 Å². The summed E-state index contributed by atoms with van der Waals surface area (Å²) in [6.45, 7) is 2.15. The van der Waals surface area contributed by atoms with Gasteiger partial charge in [-0.25, -0.2) is 4.79 Å². The average molecular weight is 261 g/mol. The molecule has 1 aliphatic rings. The van der Waals surface area contributed by atoms with E-state index in [1.165, 1.54) is 7.11 Å². The van der Waals surface area contributed by atoms with Crippen molar-refractivity contribution >= 4 is 5.97 Å². The number of esters is 1. The van der Waals surface area contributed by atoms with E-state index in [2.05, 4.69) is 0 Å². The van der Waals surface area contributed by atoms with Gasteiger partial charge >= 0.3 is 5.97 Å². The molecule has 18 heavy (non-hydrogen) atoms. The van der Waals surface area contributed by atoms with Gasteiger partial charge in [-0.1, -0.05) is 0 Å². The van der Waals surface area contributed by atoms with Gasteiger partial charge in [0.2, 0.25) is 0 Å². The highest BCUT2D eigenvalue weighted by atomic mass is 16.5. The van der Waals surface area contributed by atoms with Crippen LogP contribution >= 0.6 is 0 Å². The molecule has 1 atom stereocenters. The summed E-state index contributed by atoms with van der Waals surface area (Å²) in [4.78, 5) is 11.6. The van der Waals surface area contributed by atoms with Crippen LogP contribution in [0.2, 0.25) is 0 Å². The van der Waals surface area contributed by atoms with Gasteiger partial charge in [-0.2, -0.15) is 0 Å². The van der Waals surface area contributed by atoms with Gasteiger partial charge in [0.1, 0.15) is 5.54 Å². The van der Waals surface area contributed by atoms with Crippen LogP contribution in [-0.2, 0) is 23.7 Å². The summed E-state index contributed by atoms with van der Waals surface area (Å²) in [5, 5.41) is 0. The van der Waals surface area contributed by atoms with E-state index < -0.39 is 11.5 Å². The molecule has 1 aliphatic carbocycles. The summed E-state index contributed by atoms with van der Waals surface area (Å²) in [5.41, 5.74) is 5.06. The molecule has 6 heteroatoms. The molecule has 1 fully saturated rings. The topological polar surface area (TPSA) is 80.0 Å². The first-order valence-electron chi connectivity index (χ1n) is 6.17. The van der Waals surface area contributed by atoms with Gasteiger partial charge in [0.05, 0.1) is 40.1 Å². The van der Waals surface area contributed by atoms with Crippen LogP contribution in [0.4, 0.5) is 0 Å². The zero-order valence-corrected chi connectivity index (χ0v) is 11.1. The quantitative estimate of drug-likeness (QED) is 0.438. The summed E-state index contributed by atoms with van der Waals surface area (Å²) < 4.78 is 20.2. The predicted molar refractivity (Wildman–Crippen MR) is 65.2 cm³/mol. The van der Waals surface area contributed by atoms with Crippen LogP contribution in [0.1, 0.15) is 12.8 Å². The van der Waals surface area contributed by atoms with E-state index in [-0.39, 0.29) is 12.5 Å². The number of carbonyl (C=O) groups is 1. The van der Waals surface area contributed by atoms with Crippen LogP contribution in [0.5, 0.6) is 0 Å². The maximum atomic E-state index is 11.6. The molecule has 0 aromatic rings. The number of methoxy groups -OCH3 is 2. The van der Waals surface area contributed by atoms with Gasteiger partial charge in [0.25, 0.3) is 0 Å². The molecule has 1 unspecified atom stereocenters. The van der Waals surface area contributed by atoms with E-state index in [0.29, 0.717) is 26.4 Å². The van der Waals surface area contributed by atoms with Crippen molar-refractivity contribution in [2.45, 2.75) is 18.4 Å². The molecular formula is C12H23NO5. The summed E-state index contributed by atoms with van der Waals surface area (Å²) >= 11 is 0. The Morgan fingerprint density at radius 2 is 1.78 bits per heavy atom. The fourth-order valence-electron chi connectivity index (χ4n) is 1.74. The van der Waals surface area contributed by atoms with E-state index in [1.54, 1.807) is 7.11 Å². The lowest BCUT2D eigenvalue weighted by molar-refractivity contribution is -0.151. The van der Waals surface area contributed by atoms with E-state index in [4.69, 9.17) is 24.7 Å². The fraction of sp³-hybridized carbons (Fsp3) is 0.917. The summed E-state index contributed by atoms with van der Waals surface area (Å²) in [6, 6.07) is 0. The van der Waals surface area contributed by atoms with Gasteiger partial charge in [0, 0.05) is 7.11 Å². The van der Waals surface area contributed by atoms with Crippen LogP contribution in [0.25, 0.3) is 0 Å². The van der Waals surface area contributed by atoms with Crippen LogP contribution in [-0.4, -0.2) is 58.8 Å². The third kappa shape index (κ3) is 4.53. The van der Waals surface area contributed by atoms with Crippen LogP contribution in [0.3, 0.4) is 0 Å². The maximum absolute atomic E-state index is 11.6. The van der Waals surface area contributed by atoms with Crippen molar-refractivity contribution < 1.29 is 23.7 Å². The molecule has 106 valence electrons. The maximum Gasteiger partial charge on any atom is 0.328 e. The van der Waals surface area contributed by atoms with Crippen LogP contribution in [0, 0.1) is 5.92 Å². The molecule has 0 aromatic heterocycles. The monoisotopic (exact) mass is 261 g/mol. The number of rotatable bonds is 10. The van der Waals surface area contributed by atoms with Crippen LogP contribution < -0.4 is 5.73 Å². The molecular weight excluding hydrogens is 238 g/mol. The molecule has 0 radical (unpaired) electrons. The van der Waals surface area contributed by atoms with Crippen molar-refractivity contribution in [3.8, 4) is 0 Å². The summed E-state index contributed by atoms with van der Waals surface area (Å²) in [5.74, 6) is -0.218. The first kappa shape index (κ1) is 15.4. The SMILES string of the molecule is COCCOCCOCC(N)(C(=O)OC)C1CC1. The molecule has 0 aromatic carbocycles. The van der Waals surface area contributed by atoms with Gasteiger partial charge in [0.15, 0.2) is 0 Å². The Labute approximate surface area is 108 Å². The molecule has 0 amide bonds. The molecule has 1 saturated carbocycles. The molecule has 6 nitrogen and oxygen atoms in total. The Balaban J connectivity index is 2.16. The second kappa shape index (κ2) is 7.68. The molecule has 0 aliphatic heterocycles. The van der Waals surface area contributed by atoms with Crippen molar-refractivity contribution in [1.82, 2.24) is 0 Å². The Kier molecular flexibility index (Phi) is 6.56. The Bertz CT molecular complexity index is 257. The van der Waals surface area contributed by atoms with Crippen molar-refractivity contribution in [2.75, 3.05) is 47.3 Å². The highest BCUT2D eigenvalue weighted by Crippen LogP contribution is 2.39. The highest BCUT2D eigenvalue weighted by Gasteiger charge is 2.49. The number of ether oxygens (including phenoxy) is 4. The Hall–Kier alpha value is -0.690. The molecule has 2 N–H and O–H groups in total. The molecule has 0 spiro atoms. The largest absolute Gasteiger partial charge is 0.468 e. The molecule has 0 bridgehead atoms. The normalized spacial score (nSPS) is 18.4. The number of nitrogens with two attached hydrogens (primary N) is 1. The van der Waals surface area contributed by atoms with E-state index >= 15 is 0 Å². The zero-order valence-electron chi connectivity index (χ0n) is 11.1. The summed E-state index contributed by atoms with van der Waals surface area (Å²) in [6.07, 6.45) is 1.92. The first-order valence-corrected chi connectivity index (χ1v) is 6.17. The minimum Gasteiger partial charge on any atom is -0.468 e. The first-order chi connectivity index (χ1) is 8.65. The molecule has 0 saturated heterocycles.